The van der Waals surface area contributed by atoms with Crippen LogP contribution in [0.4, 0.5) is 17.1 Å². The molecule has 1 aliphatic rings. The maximum Gasteiger partial charge on any atom is 0.169 e. The fraction of sp³-hybridized carbons (Fsp3) is 0.250. The van der Waals surface area contributed by atoms with Crippen LogP contribution in [0.25, 0.3) is 0 Å². The van der Waals surface area contributed by atoms with Gasteiger partial charge < -0.3 is 44.4 Å². The molecule has 0 aromatic heterocycles. The summed E-state index contributed by atoms with van der Waals surface area (Å²) in [5, 5.41) is 10.1. The summed E-state index contributed by atoms with van der Waals surface area (Å²) in [6, 6.07) is 36.5. The number of nitrogens with one attached hydrogen (secondary N) is 3. The summed E-state index contributed by atoms with van der Waals surface area (Å²) < 4.78 is 37.7. The first-order valence-electron chi connectivity index (χ1n) is 19.5. The minimum Gasteiger partial charge on any atom is -0.493 e. The summed E-state index contributed by atoms with van der Waals surface area (Å²) in [5.41, 5.74) is 9.61. The van der Waals surface area contributed by atoms with E-state index in [1.165, 1.54) is 0 Å². The minimum absolute atomic E-state index is 0.626. The molecule has 1 aliphatic carbocycles. The van der Waals surface area contributed by atoms with Gasteiger partial charge in [-0.2, -0.15) is 0 Å². The van der Waals surface area contributed by atoms with Crippen LogP contribution in [0.1, 0.15) is 54.2 Å². The average Bonchev–Trinajstić information content (AvgIpc) is 3.26. The highest BCUT2D eigenvalue weighted by Crippen LogP contribution is 2.43. The smallest absolute Gasteiger partial charge is 0.169 e. The molecule has 0 saturated carbocycles. The lowest BCUT2D eigenvalue weighted by atomic mass is 9.94. The van der Waals surface area contributed by atoms with Crippen molar-refractivity contribution in [2.75, 3.05) is 56.9 Å². The molecule has 0 aliphatic heterocycles. The Hall–Kier alpha value is -6.48. The third-order valence-electron chi connectivity index (χ3n) is 9.93. The van der Waals surface area contributed by atoms with E-state index in [1.807, 2.05) is 72.8 Å². The van der Waals surface area contributed by atoms with Gasteiger partial charge in [-0.15, -0.1) is 0 Å². The van der Waals surface area contributed by atoms with Gasteiger partial charge in [-0.1, -0.05) is 18.2 Å². The van der Waals surface area contributed by atoms with E-state index >= 15 is 0 Å². The Morgan fingerprint density at radius 3 is 0.877 bits per heavy atom. The molecule has 294 valence electrons. The largest absolute Gasteiger partial charge is 0.493 e. The molecule has 0 bridgehead atoms. The Labute approximate surface area is 335 Å². The lowest BCUT2D eigenvalue weighted by Gasteiger charge is -2.18. The van der Waals surface area contributed by atoms with Crippen molar-refractivity contribution >= 4 is 17.1 Å². The fourth-order valence-electron chi connectivity index (χ4n) is 7.26. The highest BCUT2D eigenvalue weighted by atomic mass is 16.5. The van der Waals surface area contributed by atoms with E-state index in [0.29, 0.717) is 71.0 Å². The summed E-state index contributed by atoms with van der Waals surface area (Å²) in [6.45, 7) is 8.66. The third kappa shape index (κ3) is 9.15. The van der Waals surface area contributed by atoms with Crippen molar-refractivity contribution in [2.24, 2.45) is 0 Å². The average molecular weight is 766 g/mol. The Balaban J connectivity index is 1.36. The number of anilines is 3. The molecule has 7 rings (SSSR count). The summed E-state index contributed by atoms with van der Waals surface area (Å²) >= 11 is 0. The normalized spacial score (nSPS) is 11.7. The Morgan fingerprint density at radius 2 is 0.632 bits per heavy atom. The van der Waals surface area contributed by atoms with Gasteiger partial charge in [0, 0.05) is 54.9 Å². The molecule has 0 spiro atoms. The molecule has 0 saturated heterocycles. The predicted octanol–water partition coefficient (Wildman–Crippen LogP) is 11.5. The first-order chi connectivity index (χ1) is 27.9. The van der Waals surface area contributed by atoms with E-state index < -0.39 is 0 Å². The van der Waals surface area contributed by atoms with Crippen LogP contribution in [0.5, 0.6) is 51.7 Å². The number of ether oxygens (including phenoxy) is 6. The molecule has 9 heteroatoms. The van der Waals surface area contributed by atoms with Crippen LogP contribution in [0.2, 0.25) is 0 Å². The maximum atomic E-state index is 6.56. The van der Waals surface area contributed by atoms with Crippen LogP contribution in [-0.2, 0) is 19.3 Å². The van der Waals surface area contributed by atoms with Crippen molar-refractivity contribution in [3.05, 3.63) is 143 Å². The number of hydrogen-bond acceptors (Lipinski definition) is 9. The zero-order valence-electron chi connectivity index (χ0n) is 33.6. The van der Waals surface area contributed by atoms with Gasteiger partial charge in [0.25, 0.3) is 0 Å². The number of methoxy groups -OCH3 is 3. The molecule has 0 fully saturated rings. The fourth-order valence-corrected chi connectivity index (χ4v) is 7.26. The molecule has 6 aromatic rings. The van der Waals surface area contributed by atoms with Crippen molar-refractivity contribution in [3.8, 4) is 51.7 Å². The molecule has 57 heavy (non-hydrogen) atoms. The molecule has 0 atom stereocenters. The van der Waals surface area contributed by atoms with Gasteiger partial charge in [-0.25, -0.2) is 0 Å². The molecule has 0 amide bonds. The highest BCUT2D eigenvalue weighted by Gasteiger charge is 2.23. The van der Waals surface area contributed by atoms with Gasteiger partial charge in [0.1, 0.15) is 17.2 Å². The van der Waals surface area contributed by atoms with E-state index in [1.54, 1.807) is 21.3 Å². The lowest BCUT2D eigenvalue weighted by Crippen LogP contribution is -2.02. The predicted molar refractivity (Wildman–Crippen MR) is 229 cm³/mol. The second-order valence-corrected chi connectivity index (χ2v) is 13.8. The Kier molecular flexibility index (Phi) is 12.2. The van der Waals surface area contributed by atoms with Crippen LogP contribution < -0.4 is 44.4 Å². The van der Waals surface area contributed by atoms with E-state index in [2.05, 4.69) is 73.1 Å². The van der Waals surface area contributed by atoms with E-state index in [4.69, 9.17) is 28.4 Å². The molecule has 0 heterocycles. The lowest BCUT2D eigenvalue weighted by molar-refractivity contribution is 0.377. The number of benzene rings is 6. The SMILES string of the molecule is CCNc1cccc(Oc2cc3c(cc2OC)Cc2cc(Oc4cccc(NCC)c4)c(OC)cc2Cc2cc(Oc4cccc(NCC)c4)c(OC)cc2C3)c1. The van der Waals surface area contributed by atoms with Gasteiger partial charge in [0.15, 0.2) is 34.5 Å². The van der Waals surface area contributed by atoms with Crippen molar-refractivity contribution in [3.63, 3.8) is 0 Å². The molecule has 9 nitrogen and oxygen atoms in total. The Bertz CT molecular complexity index is 2080. The molecule has 0 radical (unpaired) electrons. The summed E-state index contributed by atoms with van der Waals surface area (Å²) in [4.78, 5) is 0. The van der Waals surface area contributed by atoms with E-state index in [0.717, 1.165) is 70.1 Å². The molecular formula is C48H51N3O6. The van der Waals surface area contributed by atoms with Crippen LogP contribution in [0.15, 0.2) is 109 Å². The molecular weight excluding hydrogens is 715 g/mol. The molecule has 6 aromatic carbocycles. The zero-order valence-corrected chi connectivity index (χ0v) is 33.6. The van der Waals surface area contributed by atoms with Crippen molar-refractivity contribution in [1.82, 2.24) is 0 Å². The van der Waals surface area contributed by atoms with Crippen LogP contribution in [0.3, 0.4) is 0 Å². The molecule has 3 N–H and O–H groups in total. The van der Waals surface area contributed by atoms with Gasteiger partial charge in [0.2, 0.25) is 0 Å². The van der Waals surface area contributed by atoms with Crippen LogP contribution in [0, 0.1) is 0 Å². The van der Waals surface area contributed by atoms with Gasteiger partial charge >= 0.3 is 0 Å². The second-order valence-electron chi connectivity index (χ2n) is 13.8. The quantitative estimate of drug-likeness (QED) is 0.0943. The van der Waals surface area contributed by atoms with Crippen molar-refractivity contribution in [2.45, 2.75) is 40.0 Å². The summed E-state index contributed by atoms with van der Waals surface area (Å²) in [7, 11) is 5.04. The van der Waals surface area contributed by atoms with Crippen LogP contribution in [-0.4, -0.2) is 41.0 Å². The van der Waals surface area contributed by atoms with Crippen LogP contribution >= 0.6 is 0 Å². The second kappa shape index (κ2) is 18.0. The standard InChI is InChI=1S/C48H51N3O6/c1-7-49-37-13-10-16-40(28-37)55-46-25-34-19-32-23-44(53-5)48(57-42-18-12-15-39(30-42)51-9-3)27-36(32)21-33-24-45(54-6)47(26-35(33)20-31(34)22-43(46)52-4)56-41-17-11-14-38(29-41)50-8-2/h10-18,22-30,49-51H,7-9,19-21H2,1-6H3. The van der Waals surface area contributed by atoms with E-state index in [9.17, 15) is 0 Å². The zero-order chi connectivity index (χ0) is 39.7. The highest BCUT2D eigenvalue weighted by molar-refractivity contribution is 5.61. The number of fused-ring (bicyclic) bond motifs is 3. The Morgan fingerprint density at radius 1 is 0.368 bits per heavy atom. The summed E-state index contributed by atoms with van der Waals surface area (Å²) in [5.74, 6) is 6.01. The topological polar surface area (TPSA) is 91.5 Å². The van der Waals surface area contributed by atoms with Gasteiger partial charge in [0.05, 0.1) is 21.3 Å². The number of rotatable bonds is 15. The molecule has 0 unspecified atom stereocenters. The summed E-state index contributed by atoms with van der Waals surface area (Å²) in [6.07, 6.45) is 1.88. The van der Waals surface area contributed by atoms with Gasteiger partial charge in [-0.3, -0.25) is 0 Å². The monoisotopic (exact) mass is 765 g/mol. The van der Waals surface area contributed by atoms with E-state index in [-0.39, 0.29) is 0 Å². The first-order valence-corrected chi connectivity index (χ1v) is 19.5. The van der Waals surface area contributed by atoms with Gasteiger partial charge in [-0.05, 0) is 146 Å². The van der Waals surface area contributed by atoms with Crippen molar-refractivity contribution < 1.29 is 28.4 Å². The maximum absolute atomic E-state index is 6.56. The third-order valence-corrected chi connectivity index (χ3v) is 9.93. The van der Waals surface area contributed by atoms with Crippen molar-refractivity contribution in [1.29, 1.82) is 0 Å². The first kappa shape index (κ1) is 38.8. The minimum atomic E-state index is 0.626. The number of hydrogen-bond donors (Lipinski definition) is 3.